The number of piperazine rings is 1. The van der Waals surface area contributed by atoms with Gasteiger partial charge in [0.05, 0.1) is 32.9 Å². The Kier molecular flexibility index (Phi) is 7.22. The van der Waals surface area contributed by atoms with Crippen molar-refractivity contribution in [2.45, 2.75) is 6.04 Å². The summed E-state index contributed by atoms with van der Waals surface area (Å²) in [5.41, 5.74) is 2.81. The summed E-state index contributed by atoms with van der Waals surface area (Å²) in [6.07, 6.45) is 0. The van der Waals surface area contributed by atoms with Crippen LogP contribution in [0.4, 0.5) is 10.5 Å². The second kappa shape index (κ2) is 10.5. The van der Waals surface area contributed by atoms with E-state index >= 15 is 0 Å². The summed E-state index contributed by atoms with van der Waals surface area (Å²) >= 11 is 0. The van der Waals surface area contributed by atoms with Crippen molar-refractivity contribution in [3.8, 4) is 11.5 Å². The highest BCUT2D eigenvalue weighted by atomic mass is 16.5. The molecule has 4 rings (SSSR count). The standard InChI is InChI=1S/C25H30N4O5/c1-32-20-10-9-17(15-21(20)33-2)23-22(24(30)34-3)19(26-25(31)27-23)16-28-11-13-29(14-12-28)18-7-5-4-6-8-18/h4-10,15,23H,11-14,16H2,1-3H3,(H2,26,27,31). The first-order valence-electron chi connectivity index (χ1n) is 11.2. The van der Waals surface area contributed by atoms with Crippen LogP contribution in [0.15, 0.2) is 59.8 Å². The maximum absolute atomic E-state index is 12.9. The number of amides is 2. The van der Waals surface area contributed by atoms with Crippen LogP contribution in [0.3, 0.4) is 0 Å². The van der Waals surface area contributed by atoms with Crippen molar-refractivity contribution in [3.05, 3.63) is 65.4 Å². The molecule has 1 unspecified atom stereocenters. The number of anilines is 1. The van der Waals surface area contributed by atoms with Gasteiger partial charge in [-0.3, -0.25) is 4.90 Å². The smallest absolute Gasteiger partial charge is 0.338 e. The van der Waals surface area contributed by atoms with E-state index in [1.165, 1.54) is 12.8 Å². The molecule has 0 aromatic heterocycles. The van der Waals surface area contributed by atoms with Crippen LogP contribution in [0, 0.1) is 0 Å². The zero-order valence-electron chi connectivity index (χ0n) is 19.7. The number of rotatable bonds is 7. The molecule has 2 aliphatic heterocycles. The maximum atomic E-state index is 12.9. The topological polar surface area (TPSA) is 92.4 Å². The number of ether oxygens (including phenoxy) is 3. The summed E-state index contributed by atoms with van der Waals surface area (Å²) in [5, 5.41) is 5.69. The first-order valence-corrected chi connectivity index (χ1v) is 11.2. The number of methoxy groups -OCH3 is 3. The number of hydrogen-bond donors (Lipinski definition) is 2. The number of nitrogens with zero attached hydrogens (tertiary/aromatic N) is 2. The first-order chi connectivity index (χ1) is 16.5. The molecule has 0 aliphatic carbocycles. The summed E-state index contributed by atoms with van der Waals surface area (Å²) in [6.45, 7) is 3.75. The van der Waals surface area contributed by atoms with Gasteiger partial charge in [0.15, 0.2) is 11.5 Å². The highest BCUT2D eigenvalue weighted by Crippen LogP contribution is 2.34. The molecule has 9 heteroatoms. The van der Waals surface area contributed by atoms with Crippen LogP contribution < -0.4 is 25.0 Å². The lowest BCUT2D eigenvalue weighted by atomic mass is 9.94. The molecule has 180 valence electrons. The van der Waals surface area contributed by atoms with Crippen LogP contribution in [0.5, 0.6) is 11.5 Å². The van der Waals surface area contributed by atoms with Gasteiger partial charge >= 0.3 is 12.0 Å². The molecule has 0 spiro atoms. The highest BCUT2D eigenvalue weighted by Gasteiger charge is 2.35. The molecule has 2 N–H and O–H groups in total. The van der Waals surface area contributed by atoms with Gasteiger partial charge in [0.25, 0.3) is 0 Å². The third-order valence-corrected chi connectivity index (χ3v) is 6.18. The largest absolute Gasteiger partial charge is 0.493 e. The van der Waals surface area contributed by atoms with Gasteiger partial charge < -0.3 is 29.7 Å². The fourth-order valence-electron chi connectivity index (χ4n) is 4.40. The van der Waals surface area contributed by atoms with Crippen LogP contribution in [-0.4, -0.2) is 71.0 Å². The third kappa shape index (κ3) is 4.94. The van der Waals surface area contributed by atoms with E-state index in [1.54, 1.807) is 32.4 Å². The van der Waals surface area contributed by atoms with E-state index in [0.717, 1.165) is 26.2 Å². The van der Waals surface area contributed by atoms with Crippen LogP contribution in [-0.2, 0) is 9.53 Å². The average molecular weight is 467 g/mol. The van der Waals surface area contributed by atoms with Crippen molar-refractivity contribution < 1.29 is 23.8 Å². The van der Waals surface area contributed by atoms with Gasteiger partial charge in [0.1, 0.15) is 0 Å². The van der Waals surface area contributed by atoms with E-state index in [-0.39, 0.29) is 6.03 Å². The molecular formula is C25H30N4O5. The molecule has 0 bridgehead atoms. The van der Waals surface area contributed by atoms with Crippen LogP contribution in [0.25, 0.3) is 0 Å². The normalized spacial score (nSPS) is 18.7. The first kappa shape index (κ1) is 23.4. The van der Waals surface area contributed by atoms with E-state index in [9.17, 15) is 9.59 Å². The SMILES string of the molecule is COC(=O)C1=C(CN2CCN(c3ccccc3)CC2)NC(=O)NC1c1ccc(OC)c(OC)c1. The zero-order valence-corrected chi connectivity index (χ0v) is 19.7. The van der Waals surface area contributed by atoms with Gasteiger partial charge in [-0.15, -0.1) is 0 Å². The molecule has 1 atom stereocenters. The second-order valence-corrected chi connectivity index (χ2v) is 8.13. The molecule has 2 aromatic rings. The van der Waals surface area contributed by atoms with Gasteiger partial charge in [-0.2, -0.15) is 0 Å². The summed E-state index contributed by atoms with van der Waals surface area (Å²) in [5.74, 6) is 0.576. The number of urea groups is 1. The number of para-hydroxylation sites is 1. The van der Waals surface area contributed by atoms with E-state index in [2.05, 4.69) is 32.6 Å². The fraction of sp³-hybridized carbons (Fsp3) is 0.360. The minimum absolute atomic E-state index is 0.370. The Balaban J connectivity index is 1.58. The maximum Gasteiger partial charge on any atom is 0.338 e. The van der Waals surface area contributed by atoms with E-state index in [0.29, 0.717) is 34.9 Å². The predicted octanol–water partition coefficient (Wildman–Crippen LogP) is 2.31. The van der Waals surface area contributed by atoms with Gasteiger partial charge in [0.2, 0.25) is 0 Å². The number of nitrogens with one attached hydrogen (secondary N) is 2. The molecule has 2 heterocycles. The number of carbonyl (C=O) groups is 2. The van der Waals surface area contributed by atoms with Crippen molar-refractivity contribution in [1.82, 2.24) is 15.5 Å². The fourth-order valence-corrected chi connectivity index (χ4v) is 4.40. The molecular weight excluding hydrogens is 436 g/mol. The number of benzene rings is 2. The van der Waals surface area contributed by atoms with Gasteiger partial charge in [-0.05, 0) is 29.8 Å². The van der Waals surface area contributed by atoms with Crippen molar-refractivity contribution in [2.75, 3.05) is 59.0 Å². The summed E-state index contributed by atoms with van der Waals surface area (Å²) in [7, 11) is 4.44. The van der Waals surface area contributed by atoms with Crippen molar-refractivity contribution in [2.24, 2.45) is 0 Å². The Labute approximate surface area is 199 Å². The van der Waals surface area contributed by atoms with E-state index < -0.39 is 12.0 Å². The Hall–Kier alpha value is -3.72. The number of hydrogen-bond acceptors (Lipinski definition) is 7. The van der Waals surface area contributed by atoms with E-state index in [1.807, 2.05) is 18.2 Å². The lowest BCUT2D eigenvalue weighted by Crippen LogP contribution is -2.51. The minimum atomic E-state index is -0.679. The monoisotopic (exact) mass is 466 g/mol. The molecule has 34 heavy (non-hydrogen) atoms. The quantitative estimate of drug-likeness (QED) is 0.605. The Bertz CT molecular complexity index is 1060. The van der Waals surface area contributed by atoms with Gasteiger partial charge in [-0.25, -0.2) is 9.59 Å². The van der Waals surface area contributed by atoms with Crippen LogP contribution in [0.1, 0.15) is 11.6 Å². The minimum Gasteiger partial charge on any atom is -0.493 e. The Morgan fingerprint density at radius 3 is 2.32 bits per heavy atom. The molecule has 1 saturated heterocycles. The van der Waals surface area contributed by atoms with Crippen molar-refractivity contribution in [3.63, 3.8) is 0 Å². The summed E-state index contributed by atoms with van der Waals surface area (Å²) in [6, 6.07) is 14.6. The van der Waals surface area contributed by atoms with Crippen molar-refractivity contribution in [1.29, 1.82) is 0 Å². The van der Waals surface area contributed by atoms with Crippen molar-refractivity contribution >= 4 is 17.7 Å². The lowest BCUT2D eigenvalue weighted by Gasteiger charge is -2.38. The van der Waals surface area contributed by atoms with Crippen LogP contribution in [0.2, 0.25) is 0 Å². The summed E-state index contributed by atoms with van der Waals surface area (Å²) < 4.78 is 15.8. The molecule has 2 aliphatic rings. The molecule has 9 nitrogen and oxygen atoms in total. The molecule has 2 amide bonds. The molecule has 0 saturated carbocycles. The number of carbonyl (C=O) groups excluding carboxylic acids is 2. The van der Waals surface area contributed by atoms with Crippen LogP contribution >= 0.6 is 0 Å². The molecule has 0 radical (unpaired) electrons. The van der Waals surface area contributed by atoms with Gasteiger partial charge in [0, 0.05) is 44.1 Å². The third-order valence-electron chi connectivity index (χ3n) is 6.18. The Morgan fingerprint density at radius 2 is 1.68 bits per heavy atom. The molecule has 1 fully saturated rings. The van der Waals surface area contributed by atoms with E-state index in [4.69, 9.17) is 14.2 Å². The summed E-state index contributed by atoms with van der Waals surface area (Å²) in [4.78, 5) is 30.0. The highest BCUT2D eigenvalue weighted by molar-refractivity contribution is 5.95. The average Bonchev–Trinajstić information content (AvgIpc) is 2.88. The second-order valence-electron chi connectivity index (χ2n) is 8.13. The molecule has 2 aromatic carbocycles. The number of esters is 1. The lowest BCUT2D eigenvalue weighted by molar-refractivity contribution is -0.136. The zero-order chi connectivity index (χ0) is 24.1. The predicted molar refractivity (Wildman–Crippen MR) is 128 cm³/mol. The Morgan fingerprint density at radius 1 is 0.971 bits per heavy atom. The van der Waals surface area contributed by atoms with Gasteiger partial charge in [-0.1, -0.05) is 24.3 Å².